The highest BCUT2D eigenvalue weighted by Crippen LogP contribution is 2.40. The first kappa shape index (κ1) is 19.8. The SMILES string of the molecule is Fc1ccc(Cc2ccc(-c3ccc(C(F)(F)F)cc3C(F)(F)F)nn2)cc1. The first-order valence-corrected chi connectivity index (χ1v) is 7.90. The van der Waals surface area contributed by atoms with Crippen LogP contribution in [0.25, 0.3) is 11.3 Å². The normalized spacial score (nSPS) is 12.2. The van der Waals surface area contributed by atoms with Crippen LogP contribution in [0.3, 0.4) is 0 Å². The summed E-state index contributed by atoms with van der Waals surface area (Å²) in [5.74, 6) is -0.410. The van der Waals surface area contributed by atoms with E-state index < -0.39 is 34.9 Å². The highest BCUT2D eigenvalue weighted by Gasteiger charge is 2.38. The van der Waals surface area contributed by atoms with Crippen LogP contribution in [0.4, 0.5) is 30.7 Å². The molecule has 3 aromatic rings. The third-order valence-corrected chi connectivity index (χ3v) is 3.95. The van der Waals surface area contributed by atoms with E-state index in [4.69, 9.17) is 0 Å². The molecular formula is C19H11F7N2. The third-order valence-electron chi connectivity index (χ3n) is 3.95. The Morgan fingerprint density at radius 2 is 1.39 bits per heavy atom. The highest BCUT2D eigenvalue weighted by molar-refractivity contribution is 5.65. The zero-order chi connectivity index (χ0) is 20.5. The van der Waals surface area contributed by atoms with Gasteiger partial charge in [0.1, 0.15) is 5.82 Å². The number of rotatable bonds is 3. The predicted molar refractivity (Wildman–Crippen MR) is 86.7 cm³/mol. The largest absolute Gasteiger partial charge is 0.417 e. The number of hydrogen-bond donors (Lipinski definition) is 0. The topological polar surface area (TPSA) is 25.8 Å². The van der Waals surface area contributed by atoms with Crippen molar-refractivity contribution in [3.63, 3.8) is 0 Å². The lowest BCUT2D eigenvalue weighted by Gasteiger charge is -2.15. The van der Waals surface area contributed by atoms with Crippen molar-refractivity contribution < 1.29 is 30.7 Å². The molecule has 0 N–H and O–H groups in total. The zero-order valence-electron chi connectivity index (χ0n) is 13.9. The van der Waals surface area contributed by atoms with Gasteiger partial charge in [0.05, 0.1) is 22.5 Å². The Kier molecular flexibility index (Phi) is 5.10. The van der Waals surface area contributed by atoms with E-state index >= 15 is 0 Å². The third kappa shape index (κ3) is 4.47. The quantitative estimate of drug-likeness (QED) is 0.511. The van der Waals surface area contributed by atoms with Gasteiger partial charge in [-0.1, -0.05) is 18.2 Å². The van der Waals surface area contributed by atoms with E-state index in [0.717, 1.165) is 6.07 Å². The van der Waals surface area contributed by atoms with Crippen LogP contribution >= 0.6 is 0 Å². The molecule has 0 atom stereocenters. The molecule has 0 bridgehead atoms. The average Bonchev–Trinajstić information content (AvgIpc) is 2.62. The fourth-order valence-corrected chi connectivity index (χ4v) is 2.59. The van der Waals surface area contributed by atoms with Gasteiger partial charge in [-0.2, -0.15) is 36.5 Å². The molecule has 0 aliphatic heterocycles. The first-order chi connectivity index (χ1) is 13.0. The van der Waals surface area contributed by atoms with E-state index in [-0.39, 0.29) is 18.2 Å². The smallest absolute Gasteiger partial charge is 0.207 e. The number of alkyl halides is 6. The molecule has 0 aliphatic rings. The lowest BCUT2D eigenvalue weighted by atomic mass is 10.00. The van der Waals surface area contributed by atoms with E-state index in [9.17, 15) is 30.7 Å². The van der Waals surface area contributed by atoms with Crippen LogP contribution in [0.2, 0.25) is 0 Å². The van der Waals surface area contributed by atoms with Gasteiger partial charge < -0.3 is 0 Å². The van der Waals surface area contributed by atoms with E-state index in [1.807, 2.05) is 0 Å². The van der Waals surface area contributed by atoms with Crippen LogP contribution < -0.4 is 0 Å². The molecule has 0 unspecified atom stereocenters. The molecular weight excluding hydrogens is 389 g/mol. The van der Waals surface area contributed by atoms with Crippen molar-refractivity contribution in [1.29, 1.82) is 0 Å². The van der Waals surface area contributed by atoms with Crippen molar-refractivity contribution in [3.05, 3.63) is 82.8 Å². The molecule has 0 radical (unpaired) electrons. The molecule has 1 aromatic heterocycles. The molecule has 146 valence electrons. The van der Waals surface area contributed by atoms with Crippen LogP contribution in [0.5, 0.6) is 0 Å². The summed E-state index contributed by atoms with van der Waals surface area (Å²) in [5, 5.41) is 7.56. The van der Waals surface area contributed by atoms with Gasteiger partial charge in [-0.25, -0.2) is 4.39 Å². The Morgan fingerprint density at radius 1 is 0.714 bits per heavy atom. The van der Waals surface area contributed by atoms with Crippen LogP contribution in [0.15, 0.2) is 54.6 Å². The lowest BCUT2D eigenvalue weighted by molar-refractivity contribution is -0.142. The first-order valence-electron chi connectivity index (χ1n) is 7.90. The fourth-order valence-electron chi connectivity index (χ4n) is 2.59. The van der Waals surface area contributed by atoms with Crippen molar-refractivity contribution in [3.8, 4) is 11.3 Å². The van der Waals surface area contributed by atoms with Crippen molar-refractivity contribution in [2.75, 3.05) is 0 Å². The molecule has 2 aromatic carbocycles. The minimum Gasteiger partial charge on any atom is -0.207 e. The summed E-state index contributed by atoms with van der Waals surface area (Å²) in [4.78, 5) is 0. The Labute approximate surface area is 154 Å². The van der Waals surface area contributed by atoms with Crippen LogP contribution in [-0.2, 0) is 18.8 Å². The maximum atomic E-state index is 13.3. The summed E-state index contributed by atoms with van der Waals surface area (Å²) in [6.07, 6.45) is -9.62. The summed E-state index contributed by atoms with van der Waals surface area (Å²) in [5.41, 5.74) is -2.41. The van der Waals surface area contributed by atoms with Crippen LogP contribution in [0.1, 0.15) is 22.4 Å². The Bertz CT molecular complexity index is 960. The van der Waals surface area contributed by atoms with Crippen molar-refractivity contribution in [1.82, 2.24) is 10.2 Å². The summed E-state index contributed by atoms with van der Waals surface area (Å²) in [6, 6.07) is 9.61. The highest BCUT2D eigenvalue weighted by atomic mass is 19.4. The number of aromatic nitrogens is 2. The summed E-state index contributed by atoms with van der Waals surface area (Å²) < 4.78 is 90.9. The van der Waals surface area contributed by atoms with Crippen molar-refractivity contribution in [2.45, 2.75) is 18.8 Å². The fraction of sp³-hybridized carbons (Fsp3) is 0.158. The van der Waals surface area contributed by atoms with E-state index in [0.29, 0.717) is 17.3 Å². The van der Waals surface area contributed by atoms with E-state index in [1.165, 1.54) is 36.4 Å². The van der Waals surface area contributed by atoms with Gasteiger partial charge in [0.15, 0.2) is 0 Å². The summed E-state index contributed by atoms with van der Waals surface area (Å²) >= 11 is 0. The van der Waals surface area contributed by atoms with Crippen LogP contribution in [0, 0.1) is 5.82 Å². The molecule has 1 heterocycles. The minimum atomic E-state index is -4.99. The van der Waals surface area contributed by atoms with Gasteiger partial charge in [-0.15, -0.1) is 0 Å². The summed E-state index contributed by atoms with van der Waals surface area (Å²) in [7, 11) is 0. The second-order valence-corrected chi connectivity index (χ2v) is 5.97. The van der Waals surface area contributed by atoms with Crippen molar-refractivity contribution in [2.24, 2.45) is 0 Å². The van der Waals surface area contributed by atoms with Crippen molar-refractivity contribution >= 4 is 0 Å². The number of hydrogen-bond acceptors (Lipinski definition) is 2. The van der Waals surface area contributed by atoms with E-state index in [2.05, 4.69) is 10.2 Å². The number of benzene rings is 2. The summed E-state index contributed by atoms with van der Waals surface area (Å²) in [6.45, 7) is 0. The standard InChI is InChI=1S/C19H11F7N2/c20-13-4-1-11(2-5-13)9-14-6-8-17(28-27-14)15-7-3-12(18(21,22)23)10-16(15)19(24,25)26/h1-8,10H,9H2. The molecule has 0 spiro atoms. The van der Waals surface area contributed by atoms with Gasteiger partial charge in [0.25, 0.3) is 0 Å². The van der Waals surface area contributed by atoms with Crippen LogP contribution in [-0.4, -0.2) is 10.2 Å². The van der Waals surface area contributed by atoms with Gasteiger partial charge in [-0.3, -0.25) is 0 Å². The van der Waals surface area contributed by atoms with E-state index in [1.54, 1.807) is 0 Å². The average molecular weight is 400 g/mol. The monoisotopic (exact) mass is 400 g/mol. The van der Waals surface area contributed by atoms with Gasteiger partial charge in [0.2, 0.25) is 0 Å². The molecule has 9 heteroatoms. The number of nitrogens with zero attached hydrogens (tertiary/aromatic N) is 2. The second kappa shape index (κ2) is 7.21. The predicted octanol–water partition coefficient (Wildman–Crippen LogP) is 5.91. The molecule has 0 fully saturated rings. The maximum absolute atomic E-state index is 13.3. The zero-order valence-corrected chi connectivity index (χ0v) is 13.9. The molecule has 0 aliphatic carbocycles. The molecule has 0 amide bonds. The maximum Gasteiger partial charge on any atom is 0.417 e. The lowest BCUT2D eigenvalue weighted by Crippen LogP contribution is -2.12. The Balaban J connectivity index is 1.93. The van der Waals surface area contributed by atoms with Gasteiger partial charge >= 0.3 is 12.4 Å². The Hall–Kier alpha value is -2.97. The van der Waals surface area contributed by atoms with Gasteiger partial charge in [0, 0.05) is 12.0 Å². The molecule has 0 saturated heterocycles. The Morgan fingerprint density at radius 3 is 1.93 bits per heavy atom. The van der Waals surface area contributed by atoms with Gasteiger partial charge in [-0.05, 0) is 42.0 Å². The minimum absolute atomic E-state index is 0.0590. The molecule has 28 heavy (non-hydrogen) atoms. The number of halogens is 7. The second-order valence-electron chi connectivity index (χ2n) is 5.97. The molecule has 2 nitrogen and oxygen atoms in total. The molecule has 3 rings (SSSR count). The molecule has 0 saturated carbocycles.